The number of pyridine rings is 1. The van der Waals surface area contributed by atoms with E-state index < -0.39 is 0 Å². The predicted molar refractivity (Wildman–Crippen MR) is 114 cm³/mol. The third-order valence-corrected chi connectivity index (χ3v) is 6.01. The molecule has 0 spiro atoms. The summed E-state index contributed by atoms with van der Waals surface area (Å²) in [7, 11) is 0. The second-order valence-electron chi connectivity index (χ2n) is 8.14. The second-order valence-corrected chi connectivity index (χ2v) is 8.14. The number of likely N-dealkylation sites (tertiary alicyclic amines) is 1. The Balaban J connectivity index is 1.27. The molecule has 30 heavy (non-hydrogen) atoms. The first-order chi connectivity index (χ1) is 14.6. The van der Waals surface area contributed by atoms with E-state index in [1.54, 1.807) is 29.3 Å². The molecule has 0 saturated carbocycles. The standard InChI is InChI=1S/C24H27N3O3/c28-22(26-20-10-9-17-5-3-6-18(17)15-20)11-12-23(29)27-14-4-7-19(16-27)24(30)21-8-1-2-13-25-21/h1-2,8-10,13,15,19H,3-7,11-12,14,16H2,(H,26,28). The monoisotopic (exact) mass is 405 g/mol. The molecule has 0 radical (unpaired) electrons. The zero-order valence-electron chi connectivity index (χ0n) is 17.1. The van der Waals surface area contributed by atoms with Crippen molar-refractivity contribution in [2.45, 2.75) is 44.9 Å². The van der Waals surface area contributed by atoms with Gasteiger partial charge >= 0.3 is 0 Å². The second kappa shape index (κ2) is 9.20. The summed E-state index contributed by atoms with van der Waals surface area (Å²) in [6, 6.07) is 11.3. The fourth-order valence-corrected chi connectivity index (χ4v) is 4.39. The molecule has 2 heterocycles. The number of aryl methyl sites for hydroxylation is 2. The van der Waals surface area contributed by atoms with E-state index in [0.717, 1.165) is 31.4 Å². The third kappa shape index (κ3) is 4.75. The van der Waals surface area contributed by atoms with Crippen LogP contribution in [0.15, 0.2) is 42.6 Å². The molecule has 6 nitrogen and oxygen atoms in total. The molecule has 1 aliphatic heterocycles. The van der Waals surface area contributed by atoms with Gasteiger partial charge in [-0.05, 0) is 67.5 Å². The number of piperidine rings is 1. The molecule has 1 unspecified atom stereocenters. The van der Waals surface area contributed by atoms with Crippen LogP contribution in [0.4, 0.5) is 5.69 Å². The van der Waals surface area contributed by atoms with E-state index in [4.69, 9.17) is 0 Å². The van der Waals surface area contributed by atoms with Crippen LogP contribution < -0.4 is 5.32 Å². The number of nitrogens with zero attached hydrogens (tertiary/aromatic N) is 2. The topological polar surface area (TPSA) is 79.4 Å². The largest absolute Gasteiger partial charge is 0.342 e. The molecule has 2 amide bonds. The van der Waals surface area contributed by atoms with Crippen LogP contribution in [0.2, 0.25) is 0 Å². The molecular formula is C24H27N3O3. The van der Waals surface area contributed by atoms with Crippen molar-refractivity contribution in [3.05, 3.63) is 59.4 Å². The Morgan fingerprint density at radius 3 is 2.73 bits per heavy atom. The highest BCUT2D eigenvalue weighted by Crippen LogP contribution is 2.25. The Morgan fingerprint density at radius 2 is 1.90 bits per heavy atom. The van der Waals surface area contributed by atoms with Gasteiger partial charge in [0.2, 0.25) is 11.8 Å². The highest BCUT2D eigenvalue weighted by molar-refractivity contribution is 5.97. The highest BCUT2D eigenvalue weighted by Gasteiger charge is 2.29. The Bertz CT molecular complexity index is 942. The summed E-state index contributed by atoms with van der Waals surface area (Å²) in [5.41, 5.74) is 3.92. The van der Waals surface area contributed by atoms with E-state index in [1.807, 2.05) is 12.1 Å². The van der Waals surface area contributed by atoms with Crippen LogP contribution in [0.3, 0.4) is 0 Å². The van der Waals surface area contributed by atoms with Gasteiger partial charge < -0.3 is 10.2 Å². The van der Waals surface area contributed by atoms with E-state index in [9.17, 15) is 14.4 Å². The molecule has 0 bridgehead atoms. The number of anilines is 1. The highest BCUT2D eigenvalue weighted by atomic mass is 16.2. The average Bonchev–Trinajstić information content (AvgIpc) is 3.25. The molecule has 1 N–H and O–H groups in total. The van der Waals surface area contributed by atoms with E-state index in [1.165, 1.54) is 17.5 Å². The van der Waals surface area contributed by atoms with Crippen molar-refractivity contribution in [1.29, 1.82) is 0 Å². The van der Waals surface area contributed by atoms with Crippen molar-refractivity contribution in [3.63, 3.8) is 0 Å². The number of carbonyl (C=O) groups excluding carboxylic acids is 3. The van der Waals surface area contributed by atoms with Crippen molar-refractivity contribution in [2.24, 2.45) is 5.92 Å². The first-order valence-corrected chi connectivity index (χ1v) is 10.7. The van der Waals surface area contributed by atoms with Gasteiger partial charge in [0.1, 0.15) is 5.69 Å². The van der Waals surface area contributed by atoms with Gasteiger partial charge in [-0.25, -0.2) is 0 Å². The Hall–Kier alpha value is -3.02. The van der Waals surface area contributed by atoms with Crippen molar-refractivity contribution in [1.82, 2.24) is 9.88 Å². The number of amides is 2. The first kappa shape index (κ1) is 20.3. The lowest BCUT2D eigenvalue weighted by Gasteiger charge is -2.32. The fourth-order valence-electron chi connectivity index (χ4n) is 4.39. The Labute approximate surface area is 176 Å². The van der Waals surface area contributed by atoms with Crippen molar-refractivity contribution in [2.75, 3.05) is 18.4 Å². The average molecular weight is 405 g/mol. The van der Waals surface area contributed by atoms with Gasteiger partial charge in [0.05, 0.1) is 0 Å². The lowest BCUT2D eigenvalue weighted by atomic mass is 9.91. The molecule has 1 atom stereocenters. The molecule has 1 aromatic heterocycles. The zero-order chi connectivity index (χ0) is 20.9. The number of carbonyl (C=O) groups is 3. The van der Waals surface area contributed by atoms with Gasteiger partial charge in [-0.15, -0.1) is 0 Å². The zero-order valence-corrected chi connectivity index (χ0v) is 17.1. The quantitative estimate of drug-likeness (QED) is 0.747. The number of ketones is 1. The molecular weight excluding hydrogens is 378 g/mol. The normalized spacial score (nSPS) is 18.0. The number of aromatic nitrogens is 1. The maximum absolute atomic E-state index is 12.7. The smallest absolute Gasteiger partial charge is 0.224 e. The van der Waals surface area contributed by atoms with Gasteiger partial charge in [-0.1, -0.05) is 12.1 Å². The summed E-state index contributed by atoms with van der Waals surface area (Å²) in [5, 5.41) is 2.91. The number of rotatable bonds is 6. The number of nitrogens with one attached hydrogen (secondary N) is 1. The molecule has 6 heteroatoms. The lowest BCUT2D eigenvalue weighted by Crippen LogP contribution is -2.42. The molecule has 1 aliphatic carbocycles. The van der Waals surface area contributed by atoms with Crippen molar-refractivity contribution in [3.8, 4) is 0 Å². The molecule has 4 rings (SSSR count). The molecule has 2 aliphatic rings. The Kier molecular flexibility index (Phi) is 6.21. The maximum atomic E-state index is 12.7. The summed E-state index contributed by atoms with van der Waals surface area (Å²) < 4.78 is 0. The summed E-state index contributed by atoms with van der Waals surface area (Å²) in [6.07, 6.45) is 6.79. The summed E-state index contributed by atoms with van der Waals surface area (Å²) in [6.45, 7) is 1.04. The molecule has 1 fully saturated rings. The minimum absolute atomic E-state index is 0.0116. The maximum Gasteiger partial charge on any atom is 0.224 e. The van der Waals surface area contributed by atoms with Gasteiger partial charge in [0.25, 0.3) is 0 Å². The number of hydrogen-bond donors (Lipinski definition) is 1. The SMILES string of the molecule is O=C(CCC(=O)N1CCCC(C(=O)c2ccccn2)C1)Nc1ccc2c(c1)CCC2. The van der Waals surface area contributed by atoms with Gasteiger partial charge in [-0.3, -0.25) is 19.4 Å². The van der Waals surface area contributed by atoms with Crippen LogP contribution in [0.25, 0.3) is 0 Å². The Morgan fingerprint density at radius 1 is 1.03 bits per heavy atom. The van der Waals surface area contributed by atoms with Crippen molar-refractivity contribution >= 4 is 23.3 Å². The van der Waals surface area contributed by atoms with Crippen LogP contribution in [-0.2, 0) is 22.4 Å². The van der Waals surface area contributed by atoms with E-state index in [0.29, 0.717) is 18.8 Å². The lowest BCUT2D eigenvalue weighted by molar-refractivity contribution is -0.134. The van der Waals surface area contributed by atoms with Crippen LogP contribution in [0.1, 0.15) is 53.7 Å². The number of hydrogen-bond acceptors (Lipinski definition) is 4. The van der Waals surface area contributed by atoms with E-state index in [-0.39, 0.29) is 36.4 Å². The fraction of sp³-hybridized carbons (Fsp3) is 0.417. The molecule has 156 valence electrons. The van der Waals surface area contributed by atoms with Crippen LogP contribution in [0.5, 0.6) is 0 Å². The van der Waals surface area contributed by atoms with Gasteiger partial charge in [-0.2, -0.15) is 0 Å². The van der Waals surface area contributed by atoms with Crippen LogP contribution in [-0.4, -0.2) is 40.6 Å². The van der Waals surface area contributed by atoms with Crippen LogP contribution >= 0.6 is 0 Å². The minimum Gasteiger partial charge on any atom is -0.342 e. The third-order valence-electron chi connectivity index (χ3n) is 6.01. The van der Waals surface area contributed by atoms with Crippen molar-refractivity contribution < 1.29 is 14.4 Å². The van der Waals surface area contributed by atoms with Gasteiger partial charge in [0.15, 0.2) is 5.78 Å². The molecule has 2 aromatic rings. The number of benzene rings is 1. The van der Waals surface area contributed by atoms with E-state index in [2.05, 4.69) is 16.4 Å². The molecule has 1 aromatic carbocycles. The van der Waals surface area contributed by atoms with E-state index >= 15 is 0 Å². The first-order valence-electron chi connectivity index (χ1n) is 10.7. The predicted octanol–water partition coefficient (Wildman–Crippen LogP) is 3.41. The van der Waals surface area contributed by atoms with Gasteiger partial charge in [0, 0.05) is 43.7 Å². The number of fused-ring (bicyclic) bond motifs is 1. The summed E-state index contributed by atoms with van der Waals surface area (Å²) >= 11 is 0. The summed E-state index contributed by atoms with van der Waals surface area (Å²) in [4.78, 5) is 43.5. The number of Topliss-reactive ketones (excluding diaryl/α,β-unsaturated/α-hetero) is 1. The van der Waals surface area contributed by atoms with Crippen LogP contribution in [0, 0.1) is 5.92 Å². The minimum atomic E-state index is -0.224. The molecule has 1 saturated heterocycles. The summed E-state index contributed by atoms with van der Waals surface area (Å²) in [5.74, 6) is -0.461.